The zero-order valence-electron chi connectivity index (χ0n) is 15.6. The standard InChI is InChI=1S/C22H23ClN4O/c1-28-20-12-5-2-7-15(20)14-26-21(24)18-10-3-4-11-19(18)27(22(26)25)17-9-6-8-16(23)13-17/h2-13,21-22H,14,24-25H2,1H3. The van der Waals surface area contributed by atoms with Crippen molar-refractivity contribution in [3.8, 4) is 5.75 Å². The van der Waals surface area contributed by atoms with E-state index in [4.69, 9.17) is 27.8 Å². The molecule has 2 unspecified atom stereocenters. The summed E-state index contributed by atoms with van der Waals surface area (Å²) in [4.78, 5) is 4.13. The number of nitrogens with zero attached hydrogens (tertiary/aromatic N) is 2. The Morgan fingerprint density at radius 3 is 2.50 bits per heavy atom. The Labute approximate surface area is 170 Å². The van der Waals surface area contributed by atoms with Gasteiger partial charge in [-0.2, -0.15) is 0 Å². The van der Waals surface area contributed by atoms with Crippen molar-refractivity contribution < 1.29 is 4.74 Å². The molecule has 0 saturated carbocycles. The molecule has 0 amide bonds. The molecular weight excluding hydrogens is 372 g/mol. The lowest BCUT2D eigenvalue weighted by molar-refractivity contribution is 0.120. The first kappa shape index (κ1) is 18.8. The lowest BCUT2D eigenvalue weighted by Crippen LogP contribution is -2.58. The highest BCUT2D eigenvalue weighted by Gasteiger charge is 2.36. The molecule has 0 radical (unpaired) electrons. The molecule has 0 fully saturated rings. The Bertz CT molecular complexity index is 980. The highest BCUT2D eigenvalue weighted by atomic mass is 35.5. The van der Waals surface area contributed by atoms with E-state index in [1.807, 2.05) is 72.8 Å². The number of ether oxygens (including phenoxy) is 1. The van der Waals surface area contributed by atoms with Crippen LogP contribution < -0.4 is 21.1 Å². The SMILES string of the molecule is COc1ccccc1CN1C(N)c2ccccc2N(c2cccc(Cl)c2)C1N. The van der Waals surface area contributed by atoms with Crippen LogP contribution in [0, 0.1) is 0 Å². The van der Waals surface area contributed by atoms with Gasteiger partial charge >= 0.3 is 0 Å². The first-order chi connectivity index (χ1) is 13.6. The van der Waals surface area contributed by atoms with E-state index in [1.165, 1.54) is 0 Å². The van der Waals surface area contributed by atoms with Crippen LogP contribution in [0.5, 0.6) is 5.75 Å². The molecule has 6 heteroatoms. The molecule has 1 heterocycles. The number of para-hydroxylation sites is 2. The summed E-state index contributed by atoms with van der Waals surface area (Å²) in [5.41, 5.74) is 17.3. The topological polar surface area (TPSA) is 67.8 Å². The summed E-state index contributed by atoms with van der Waals surface area (Å²) in [6.45, 7) is 0.553. The Morgan fingerprint density at radius 2 is 1.71 bits per heavy atom. The molecule has 0 aromatic heterocycles. The molecule has 0 saturated heterocycles. The van der Waals surface area contributed by atoms with Crippen molar-refractivity contribution in [2.45, 2.75) is 19.0 Å². The number of anilines is 2. The maximum absolute atomic E-state index is 6.74. The largest absolute Gasteiger partial charge is 0.496 e. The summed E-state index contributed by atoms with van der Waals surface area (Å²) in [7, 11) is 1.67. The average molecular weight is 395 g/mol. The lowest BCUT2D eigenvalue weighted by atomic mass is 10.0. The van der Waals surface area contributed by atoms with Crippen molar-refractivity contribution in [2.75, 3.05) is 12.0 Å². The van der Waals surface area contributed by atoms with E-state index in [0.717, 1.165) is 28.3 Å². The van der Waals surface area contributed by atoms with E-state index in [-0.39, 0.29) is 6.17 Å². The second-order valence-electron chi connectivity index (χ2n) is 6.75. The summed E-state index contributed by atoms with van der Waals surface area (Å²) in [5.74, 6) is 0.815. The molecular formula is C22H23ClN4O. The summed E-state index contributed by atoms with van der Waals surface area (Å²) in [6.07, 6.45) is -0.806. The molecule has 5 nitrogen and oxygen atoms in total. The Morgan fingerprint density at radius 1 is 0.964 bits per heavy atom. The van der Waals surface area contributed by atoms with Gasteiger partial charge in [-0.25, -0.2) is 4.90 Å². The van der Waals surface area contributed by atoms with Crippen molar-refractivity contribution in [1.29, 1.82) is 0 Å². The molecule has 1 aliphatic heterocycles. The minimum Gasteiger partial charge on any atom is -0.496 e. The third kappa shape index (κ3) is 3.34. The van der Waals surface area contributed by atoms with Gasteiger partial charge in [0.15, 0.2) is 0 Å². The van der Waals surface area contributed by atoms with E-state index in [1.54, 1.807) is 7.11 Å². The molecule has 1 aliphatic rings. The second kappa shape index (κ2) is 7.81. The first-order valence-corrected chi connectivity index (χ1v) is 9.50. The van der Waals surface area contributed by atoms with Crippen LogP contribution in [0.25, 0.3) is 0 Å². The molecule has 144 valence electrons. The number of hydrogen-bond acceptors (Lipinski definition) is 5. The molecule has 3 aromatic rings. The molecule has 4 N–H and O–H groups in total. The van der Waals surface area contributed by atoms with Crippen LogP contribution in [-0.4, -0.2) is 18.3 Å². The summed E-state index contributed by atoms with van der Waals surface area (Å²) >= 11 is 6.25. The maximum Gasteiger partial charge on any atom is 0.141 e. The van der Waals surface area contributed by atoms with Gasteiger partial charge in [0.1, 0.15) is 12.0 Å². The van der Waals surface area contributed by atoms with Crippen molar-refractivity contribution in [1.82, 2.24) is 4.90 Å². The summed E-state index contributed by atoms with van der Waals surface area (Å²) in [5, 5.41) is 0.660. The van der Waals surface area contributed by atoms with Gasteiger partial charge in [-0.3, -0.25) is 5.73 Å². The lowest BCUT2D eigenvalue weighted by Gasteiger charge is -2.47. The third-order valence-corrected chi connectivity index (χ3v) is 5.34. The number of halogens is 1. The van der Waals surface area contributed by atoms with Crippen LogP contribution in [0.1, 0.15) is 17.3 Å². The number of fused-ring (bicyclic) bond motifs is 1. The predicted octanol–water partition coefficient (Wildman–Crippen LogP) is 4.20. The van der Waals surface area contributed by atoms with Crippen molar-refractivity contribution in [3.05, 3.63) is 88.9 Å². The van der Waals surface area contributed by atoms with E-state index >= 15 is 0 Å². The fourth-order valence-corrected chi connectivity index (χ4v) is 3.92. The van der Waals surface area contributed by atoms with Gasteiger partial charge in [0.2, 0.25) is 0 Å². The minimum atomic E-state index is -0.465. The number of hydrogen-bond donors (Lipinski definition) is 2. The molecule has 2 atom stereocenters. The summed E-state index contributed by atoms with van der Waals surface area (Å²) in [6, 6.07) is 23.7. The van der Waals surface area contributed by atoms with Crippen molar-refractivity contribution in [2.24, 2.45) is 11.5 Å². The summed E-state index contributed by atoms with van der Waals surface area (Å²) < 4.78 is 5.51. The Balaban J connectivity index is 1.79. The first-order valence-electron chi connectivity index (χ1n) is 9.12. The van der Waals surface area contributed by atoms with Crippen LogP contribution in [0.2, 0.25) is 5.02 Å². The predicted molar refractivity (Wildman–Crippen MR) is 113 cm³/mol. The highest BCUT2D eigenvalue weighted by Crippen LogP contribution is 2.41. The second-order valence-corrected chi connectivity index (χ2v) is 7.19. The number of benzene rings is 3. The number of nitrogens with two attached hydrogens (primary N) is 2. The maximum atomic E-state index is 6.74. The molecule has 4 rings (SSSR count). The van der Waals surface area contributed by atoms with Crippen LogP contribution in [0.15, 0.2) is 72.8 Å². The fraction of sp³-hybridized carbons (Fsp3) is 0.182. The molecule has 0 aliphatic carbocycles. The minimum absolute atomic E-state index is 0.341. The van der Waals surface area contributed by atoms with Crippen LogP contribution in [0.4, 0.5) is 11.4 Å². The Kier molecular flexibility index (Phi) is 5.24. The van der Waals surface area contributed by atoms with Gasteiger partial charge in [-0.15, -0.1) is 0 Å². The molecule has 3 aromatic carbocycles. The van der Waals surface area contributed by atoms with Gasteiger partial charge in [0, 0.05) is 34.1 Å². The zero-order valence-corrected chi connectivity index (χ0v) is 16.4. The van der Waals surface area contributed by atoms with Gasteiger partial charge in [0.25, 0.3) is 0 Å². The molecule has 0 spiro atoms. The zero-order chi connectivity index (χ0) is 19.7. The monoisotopic (exact) mass is 394 g/mol. The van der Waals surface area contributed by atoms with E-state index in [0.29, 0.717) is 11.6 Å². The van der Waals surface area contributed by atoms with Crippen LogP contribution in [0.3, 0.4) is 0 Å². The van der Waals surface area contributed by atoms with Crippen LogP contribution in [-0.2, 0) is 6.54 Å². The Hall–Kier alpha value is -2.57. The van der Waals surface area contributed by atoms with E-state index in [2.05, 4.69) is 9.80 Å². The van der Waals surface area contributed by atoms with Gasteiger partial charge in [-0.05, 0) is 30.3 Å². The third-order valence-electron chi connectivity index (χ3n) is 5.11. The van der Waals surface area contributed by atoms with Crippen molar-refractivity contribution in [3.63, 3.8) is 0 Å². The quantitative estimate of drug-likeness (QED) is 0.694. The normalized spacial score (nSPS) is 19.4. The van der Waals surface area contributed by atoms with Crippen LogP contribution >= 0.6 is 11.6 Å². The highest BCUT2D eigenvalue weighted by molar-refractivity contribution is 6.30. The van der Waals surface area contributed by atoms with Gasteiger partial charge in [-0.1, -0.05) is 54.1 Å². The molecule has 28 heavy (non-hydrogen) atoms. The number of methoxy groups -OCH3 is 1. The molecule has 0 bridgehead atoms. The average Bonchev–Trinajstić information content (AvgIpc) is 2.71. The van der Waals surface area contributed by atoms with Gasteiger partial charge < -0.3 is 15.4 Å². The number of rotatable bonds is 4. The van der Waals surface area contributed by atoms with Crippen molar-refractivity contribution >= 4 is 23.0 Å². The van der Waals surface area contributed by atoms with E-state index in [9.17, 15) is 0 Å². The van der Waals surface area contributed by atoms with E-state index < -0.39 is 6.29 Å². The smallest absolute Gasteiger partial charge is 0.141 e. The van der Waals surface area contributed by atoms with Gasteiger partial charge in [0.05, 0.1) is 13.3 Å². The fourth-order valence-electron chi connectivity index (χ4n) is 3.73.